The third-order valence-electron chi connectivity index (χ3n) is 6.02. The Morgan fingerprint density at radius 2 is 1.77 bits per heavy atom. The fourth-order valence-electron chi connectivity index (χ4n) is 3.97. The van der Waals surface area contributed by atoms with Gasteiger partial charge < -0.3 is 26.8 Å². The number of carbonyl (C=O) groups excluding carboxylic acids is 2. The first-order valence-electron chi connectivity index (χ1n) is 12.5. The average molecular weight is 527 g/mol. The van der Waals surface area contributed by atoms with Crippen LogP contribution in [0.1, 0.15) is 41.3 Å². The number of hydroxylamine groups is 2. The van der Waals surface area contributed by atoms with Crippen LogP contribution < -0.4 is 22.2 Å². The summed E-state index contributed by atoms with van der Waals surface area (Å²) in [5.41, 5.74) is 16.1. The molecule has 1 aliphatic heterocycles. The largest absolute Gasteiger partial charge is 0.488 e. The van der Waals surface area contributed by atoms with Gasteiger partial charge in [0.15, 0.2) is 0 Å². The maximum Gasteiger partial charge on any atom is 0.488 e. The fraction of sp³-hybridized carbons (Fsp3) is 0.179. The molecule has 39 heavy (non-hydrogen) atoms. The highest BCUT2D eigenvalue weighted by Crippen LogP contribution is 2.29. The molecule has 0 fully saturated rings. The van der Waals surface area contributed by atoms with E-state index in [9.17, 15) is 19.6 Å². The van der Waals surface area contributed by atoms with Crippen LogP contribution in [0.2, 0.25) is 0 Å². The number of nitrogens with zero attached hydrogens (tertiary/aromatic N) is 2. The number of fused-ring (bicyclic) bond motifs is 1. The lowest BCUT2D eigenvalue weighted by molar-refractivity contribution is -0.187. The Morgan fingerprint density at radius 3 is 2.44 bits per heavy atom. The molecular formula is C28H30BN5O5. The summed E-state index contributed by atoms with van der Waals surface area (Å²) in [6, 6.07) is 18.4. The van der Waals surface area contributed by atoms with E-state index in [0.29, 0.717) is 52.2 Å². The van der Waals surface area contributed by atoms with E-state index < -0.39 is 7.12 Å². The van der Waals surface area contributed by atoms with Crippen molar-refractivity contribution in [3.63, 3.8) is 0 Å². The number of nitrogen functional groups attached to an aromatic ring is 1. The second-order valence-corrected chi connectivity index (χ2v) is 9.10. The lowest BCUT2D eigenvalue weighted by Gasteiger charge is -2.22. The van der Waals surface area contributed by atoms with Crippen LogP contribution in [0, 0.1) is 0 Å². The number of hydrogen-bond donors (Lipinski definition) is 5. The lowest BCUT2D eigenvalue weighted by Crippen LogP contribution is -2.34. The van der Waals surface area contributed by atoms with Gasteiger partial charge in [0.2, 0.25) is 0 Å². The summed E-state index contributed by atoms with van der Waals surface area (Å²) in [7, 11) is -1.59. The van der Waals surface area contributed by atoms with Gasteiger partial charge in [-0.25, -0.2) is 10.1 Å². The van der Waals surface area contributed by atoms with Crippen LogP contribution >= 0.6 is 0 Å². The van der Waals surface area contributed by atoms with Crippen molar-refractivity contribution in [3.05, 3.63) is 89.0 Å². The van der Waals surface area contributed by atoms with Gasteiger partial charge >= 0.3 is 7.12 Å². The molecule has 0 aromatic heterocycles. The zero-order chi connectivity index (χ0) is 27.9. The van der Waals surface area contributed by atoms with Crippen molar-refractivity contribution < 1.29 is 24.5 Å². The van der Waals surface area contributed by atoms with E-state index in [1.807, 2.05) is 19.1 Å². The number of rotatable bonds is 9. The number of benzene rings is 3. The maximum atomic E-state index is 13.4. The van der Waals surface area contributed by atoms with Crippen molar-refractivity contribution in [2.45, 2.75) is 26.4 Å². The minimum Gasteiger partial charge on any atom is -0.423 e. The van der Waals surface area contributed by atoms with Crippen molar-refractivity contribution in [3.8, 4) is 0 Å². The predicted molar refractivity (Wildman–Crippen MR) is 152 cm³/mol. The number of nitrogens with one attached hydrogen (secondary N) is 1. The van der Waals surface area contributed by atoms with Gasteiger partial charge in [-0.3, -0.25) is 14.4 Å². The van der Waals surface area contributed by atoms with E-state index in [2.05, 4.69) is 10.3 Å². The molecule has 2 amide bonds. The van der Waals surface area contributed by atoms with Gasteiger partial charge in [0.25, 0.3) is 11.8 Å². The Kier molecular flexibility index (Phi) is 8.77. The minimum absolute atomic E-state index is 0.129. The summed E-state index contributed by atoms with van der Waals surface area (Å²) in [5.74, 6) is -0.450. The van der Waals surface area contributed by atoms with Crippen molar-refractivity contribution >= 4 is 53.4 Å². The first-order chi connectivity index (χ1) is 18.7. The van der Waals surface area contributed by atoms with Gasteiger partial charge in [0.1, 0.15) is 12.4 Å². The monoisotopic (exact) mass is 527 g/mol. The van der Waals surface area contributed by atoms with Gasteiger partial charge in [-0.05, 0) is 59.9 Å². The van der Waals surface area contributed by atoms with Crippen molar-refractivity contribution in [2.75, 3.05) is 17.6 Å². The van der Waals surface area contributed by atoms with Gasteiger partial charge in [0.05, 0.1) is 5.69 Å². The van der Waals surface area contributed by atoms with Crippen LogP contribution in [0.15, 0.2) is 77.3 Å². The highest BCUT2D eigenvalue weighted by atomic mass is 16.7. The van der Waals surface area contributed by atoms with Crippen LogP contribution in [0.3, 0.4) is 0 Å². The standard InChI is InChI=1S/C28H30BN5O5/c1-2-13-34(39-17-18-3-9-23(30)10-4-18)28(36)21-14-19-5-6-20(15-25(19)33-26(31)16-21)27(35)32-24-11-7-22(8-12-24)29(37)38/h3-12,14-15,37-38H,2,13,16-17,30H2,1H3,(H2,31,33)(H,32,35). The zero-order valence-corrected chi connectivity index (χ0v) is 21.5. The molecule has 1 heterocycles. The van der Waals surface area contributed by atoms with Crippen molar-refractivity contribution in [1.82, 2.24) is 5.06 Å². The zero-order valence-electron chi connectivity index (χ0n) is 21.5. The summed E-state index contributed by atoms with van der Waals surface area (Å²) < 4.78 is 0. The molecule has 0 saturated heterocycles. The lowest BCUT2D eigenvalue weighted by atomic mass is 9.80. The molecular weight excluding hydrogens is 497 g/mol. The van der Waals surface area contributed by atoms with Crippen LogP contribution in [-0.2, 0) is 16.2 Å². The smallest absolute Gasteiger partial charge is 0.423 e. The molecule has 0 atom stereocenters. The first-order valence-corrected chi connectivity index (χ1v) is 12.5. The minimum atomic E-state index is -1.59. The second kappa shape index (κ2) is 12.4. The highest BCUT2D eigenvalue weighted by Gasteiger charge is 2.23. The Hall–Kier alpha value is -4.45. The summed E-state index contributed by atoms with van der Waals surface area (Å²) in [5, 5.41) is 22.6. The molecule has 3 aromatic carbocycles. The summed E-state index contributed by atoms with van der Waals surface area (Å²) in [4.78, 5) is 36.6. The predicted octanol–water partition coefficient (Wildman–Crippen LogP) is 2.35. The van der Waals surface area contributed by atoms with Crippen LogP contribution in [0.25, 0.3) is 6.08 Å². The van der Waals surface area contributed by atoms with Gasteiger partial charge in [0, 0.05) is 41.0 Å². The number of nitrogens with two attached hydrogens (primary N) is 2. The van der Waals surface area contributed by atoms with Crippen LogP contribution in [-0.4, -0.2) is 46.4 Å². The molecule has 3 aromatic rings. The Balaban J connectivity index is 1.51. The molecule has 10 nitrogen and oxygen atoms in total. The number of carbonyl (C=O) groups is 2. The highest BCUT2D eigenvalue weighted by molar-refractivity contribution is 6.58. The molecule has 4 rings (SSSR count). The third kappa shape index (κ3) is 7.11. The van der Waals surface area contributed by atoms with E-state index in [1.54, 1.807) is 48.5 Å². The maximum absolute atomic E-state index is 13.4. The molecule has 0 radical (unpaired) electrons. The number of aliphatic imine (C=N–C) groups is 1. The molecule has 0 saturated carbocycles. The van der Waals surface area contributed by atoms with Crippen LogP contribution in [0.4, 0.5) is 17.1 Å². The molecule has 0 aliphatic carbocycles. The molecule has 0 unspecified atom stereocenters. The summed E-state index contributed by atoms with van der Waals surface area (Å²) in [6.07, 6.45) is 2.54. The molecule has 0 bridgehead atoms. The van der Waals surface area contributed by atoms with Gasteiger partial charge in [-0.2, -0.15) is 0 Å². The van der Waals surface area contributed by atoms with E-state index >= 15 is 0 Å². The normalized spacial score (nSPS) is 12.5. The fourth-order valence-corrected chi connectivity index (χ4v) is 3.97. The van der Waals surface area contributed by atoms with Gasteiger partial charge in [-0.15, -0.1) is 0 Å². The Labute approximate surface area is 226 Å². The molecule has 11 heteroatoms. The number of hydrogen-bond acceptors (Lipinski definition) is 8. The molecule has 7 N–H and O–H groups in total. The number of anilines is 2. The SMILES string of the molecule is CCCN(OCc1ccc(N)cc1)C(=O)C1=Cc2ccc(C(=O)Nc3ccc(B(O)O)cc3)cc2N=C(N)C1. The summed E-state index contributed by atoms with van der Waals surface area (Å²) >= 11 is 0. The van der Waals surface area contributed by atoms with Gasteiger partial charge in [-0.1, -0.05) is 37.3 Å². The molecule has 200 valence electrons. The van der Waals surface area contributed by atoms with E-state index in [4.69, 9.17) is 16.3 Å². The van der Waals surface area contributed by atoms with E-state index in [-0.39, 0.29) is 30.7 Å². The quantitative estimate of drug-likeness (QED) is 0.162. The molecule has 0 spiro atoms. The van der Waals surface area contributed by atoms with E-state index in [0.717, 1.165) is 5.56 Å². The Bertz CT molecular complexity index is 1400. The van der Waals surface area contributed by atoms with Crippen molar-refractivity contribution in [2.24, 2.45) is 10.7 Å². The topological polar surface area (TPSA) is 164 Å². The Morgan fingerprint density at radius 1 is 1.05 bits per heavy atom. The van der Waals surface area contributed by atoms with Crippen LogP contribution in [0.5, 0.6) is 0 Å². The number of amidine groups is 1. The number of amides is 2. The van der Waals surface area contributed by atoms with Crippen molar-refractivity contribution in [1.29, 1.82) is 0 Å². The summed E-state index contributed by atoms with van der Waals surface area (Å²) in [6.45, 7) is 2.56. The second-order valence-electron chi connectivity index (χ2n) is 9.10. The third-order valence-corrected chi connectivity index (χ3v) is 6.02. The average Bonchev–Trinajstić information content (AvgIpc) is 3.09. The van der Waals surface area contributed by atoms with E-state index in [1.165, 1.54) is 17.2 Å². The molecule has 1 aliphatic rings. The first kappa shape index (κ1) is 27.6.